The van der Waals surface area contributed by atoms with Gasteiger partial charge in [0.05, 0.1) is 19.2 Å². The van der Waals surface area contributed by atoms with Gasteiger partial charge in [0.1, 0.15) is 31.2 Å². The minimum atomic E-state index is -0.621. The van der Waals surface area contributed by atoms with E-state index >= 15 is 0 Å². The average molecular weight is 463 g/mol. The summed E-state index contributed by atoms with van der Waals surface area (Å²) in [6, 6.07) is 19.8. The fraction of sp³-hybridized carbons (Fsp3) is 0.500. The molecule has 0 aromatic heterocycles. The van der Waals surface area contributed by atoms with Gasteiger partial charge in [-0.3, -0.25) is 0 Å². The Hall–Kier alpha value is -1.49. The van der Waals surface area contributed by atoms with Crippen LogP contribution in [0.5, 0.6) is 0 Å². The molecule has 0 radical (unpaired) electrons. The molecule has 0 aliphatic carbocycles. The van der Waals surface area contributed by atoms with E-state index in [9.17, 15) is 0 Å². The molecule has 6 atom stereocenters. The van der Waals surface area contributed by atoms with Crippen molar-refractivity contribution in [3.05, 3.63) is 71.8 Å². The topological polar surface area (TPSA) is 64.6 Å². The molecule has 0 N–H and O–H groups in total. The second-order valence-electron chi connectivity index (χ2n) is 7.58. The largest absolute Gasteiger partial charge is 0.362 e. The Morgan fingerprint density at radius 1 is 0.938 bits per heavy atom. The normalized spacial score (nSPS) is 30.1. The third-order valence-corrected chi connectivity index (χ3v) is 5.79. The standard InChI is InChI=1S/C24H30O7S/c1-25-24-22(28-15-26-13-17-9-5-3-6-10-17)21(29-16-32-2)20-19(30-24)14-27-23(31-20)18-11-7-4-8-12-18/h3-12,19-24H,13-16H2,1-2H3/t19-,20-,21+,22-,23-,24+/m1/s1. The highest BCUT2D eigenvalue weighted by molar-refractivity contribution is 7.98. The molecule has 2 heterocycles. The van der Waals surface area contributed by atoms with Crippen LogP contribution in [0, 0.1) is 0 Å². The number of hydrogen-bond donors (Lipinski definition) is 0. The van der Waals surface area contributed by atoms with Crippen molar-refractivity contribution in [2.45, 2.75) is 43.6 Å². The highest BCUT2D eigenvalue weighted by Gasteiger charge is 2.51. The van der Waals surface area contributed by atoms with E-state index in [0.29, 0.717) is 19.2 Å². The van der Waals surface area contributed by atoms with Crippen molar-refractivity contribution in [3.63, 3.8) is 0 Å². The Morgan fingerprint density at radius 3 is 2.41 bits per heavy atom. The Bertz CT molecular complexity index is 793. The molecule has 174 valence electrons. The van der Waals surface area contributed by atoms with Crippen molar-refractivity contribution in [2.24, 2.45) is 0 Å². The number of rotatable bonds is 10. The van der Waals surface area contributed by atoms with E-state index in [-0.39, 0.29) is 19.0 Å². The zero-order valence-electron chi connectivity index (χ0n) is 18.3. The Kier molecular flexibility index (Phi) is 8.95. The summed E-state index contributed by atoms with van der Waals surface area (Å²) in [5.74, 6) is 0.495. The number of ether oxygens (including phenoxy) is 7. The van der Waals surface area contributed by atoms with Crippen molar-refractivity contribution >= 4 is 11.8 Å². The Balaban J connectivity index is 1.43. The Labute approximate surface area is 193 Å². The lowest BCUT2D eigenvalue weighted by Gasteiger charge is -2.48. The number of hydrogen-bond acceptors (Lipinski definition) is 8. The van der Waals surface area contributed by atoms with E-state index in [1.165, 1.54) is 0 Å². The summed E-state index contributed by atoms with van der Waals surface area (Å²) in [5.41, 5.74) is 2.03. The average Bonchev–Trinajstić information content (AvgIpc) is 2.86. The summed E-state index contributed by atoms with van der Waals surface area (Å²) in [4.78, 5) is 0. The van der Waals surface area contributed by atoms with Crippen LogP contribution in [0.4, 0.5) is 0 Å². The first-order valence-corrected chi connectivity index (χ1v) is 12.0. The first kappa shape index (κ1) is 23.7. The third kappa shape index (κ3) is 5.89. The quantitative estimate of drug-likeness (QED) is 0.391. The molecule has 0 amide bonds. The predicted molar refractivity (Wildman–Crippen MR) is 120 cm³/mol. The van der Waals surface area contributed by atoms with Crippen molar-refractivity contribution in [1.82, 2.24) is 0 Å². The van der Waals surface area contributed by atoms with Crippen LogP contribution in [0.15, 0.2) is 60.7 Å². The highest BCUT2D eigenvalue weighted by Crippen LogP contribution is 2.36. The molecule has 0 spiro atoms. The summed E-state index contributed by atoms with van der Waals surface area (Å²) in [6.07, 6.45) is -0.732. The first-order valence-electron chi connectivity index (χ1n) is 10.6. The van der Waals surface area contributed by atoms with Crippen LogP contribution in [-0.4, -0.2) is 63.4 Å². The van der Waals surface area contributed by atoms with E-state index in [1.54, 1.807) is 18.9 Å². The molecule has 0 saturated carbocycles. The van der Waals surface area contributed by atoms with Crippen LogP contribution in [0.3, 0.4) is 0 Å². The van der Waals surface area contributed by atoms with Crippen molar-refractivity contribution in [1.29, 1.82) is 0 Å². The van der Waals surface area contributed by atoms with Crippen LogP contribution in [0.2, 0.25) is 0 Å². The molecule has 7 nitrogen and oxygen atoms in total. The minimum absolute atomic E-state index is 0.0813. The molecular formula is C24H30O7S. The highest BCUT2D eigenvalue weighted by atomic mass is 32.2. The van der Waals surface area contributed by atoms with Gasteiger partial charge in [0.15, 0.2) is 12.6 Å². The van der Waals surface area contributed by atoms with Gasteiger partial charge < -0.3 is 33.2 Å². The Morgan fingerprint density at radius 2 is 1.69 bits per heavy atom. The molecule has 2 aliphatic rings. The van der Waals surface area contributed by atoms with E-state index in [2.05, 4.69) is 0 Å². The monoisotopic (exact) mass is 462 g/mol. The molecule has 4 rings (SSSR count). The van der Waals surface area contributed by atoms with Gasteiger partial charge in [-0.2, -0.15) is 0 Å². The van der Waals surface area contributed by atoms with E-state index in [0.717, 1.165) is 11.1 Å². The first-order chi connectivity index (χ1) is 15.8. The maximum Gasteiger partial charge on any atom is 0.186 e. The molecule has 0 unspecified atom stereocenters. The smallest absolute Gasteiger partial charge is 0.186 e. The molecule has 2 aromatic carbocycles. The molecule has 8 heteroatoms. The molecule has 32 heavy (non-hydrogen) atoms. The van der Waals surface area contributed by atoms with E-state index in [1.807, 2.05) is 66.9 Å². The van der Waals surface area contributed by atoms with Gasteiger partial charge in [-0.15, -0.1) is 11.8 Å². The van der Waals surface area contributed by atoms with E-state index < -0.39 is 24.8 Å². The number of benzene rings is 2. The lowest BCUT2D eigenvalue weighted by molar-refractivity contribution is -0.370. The number of methoxy groups -OCH3 is 1. The zero-order chi connectivity index (χ0) is 22.2. The van der Waals surface area contributed by atoms with Crippen LogP contribution >= 0.6 is 11.8 Å². The molecule has 2 aliphatic heterocycles. The number of thioether (sulfide) groups is 1. The van der Waals surface area contributed by atoms with Gasteiger partial charge in [0, 0.05) is 12.7 Å². The predicted octanol–water partition coefficient (Wildman–Crippen LogP) is 3.74. The summed E-state index contributed by atoms with van der Waals surface area (Å²) in [5, 5.41) is 0. The lowest BCUT2D eigenvalue weighted by Crippen LogP contribution is -2.63. The van der Waals surface area contributed by atoms with Gasteiger partial charge in [-0.1, -0.05) is 60.7 Å². The molecule has 2 saturated heterocycles. The van der Waals surface area contributed by atoms with Crippen LogP contribution in [0.25, 0.3) is 0 Å². The SMILES string of the molecule is CO[C@H]1O[C@@H]2CO[C@@H](c3ccccc3)O[C@H]2[C@H](OCSC)[C@H]1OCOCc1ccccc1. The van der Waals surface area contributed by atoms with Gasteiger partial charge >= 0.3 is 0 Å². The van der Waals surface area contributed by atoms with Crippen LogP contribution in [-0.2, 0) is 39.8 Å². The van der Waals surface area contributed by atoms with Crippen LogP contribution in [0.1, 0.15) is 17.4 Å². The van der Waals surface area contributed by atoms with Crippen molar-refractivity contribution in [3.8, 4) is 0 Å². The summed E-state index contributed by atoms with van der Waals surface area (Å²) in [6.45, 7) is 0.910. The van der Waals surface area contributed by atoms with Crippen molar-refractivity contribution in [2.75, 3.05) is 32.7 Å². The molecule has 2 fully saturated rings. The maximum atomic E-state index is 6.33. The second kappa shape index (κ2) is 12.1. The summed E-state index contributed by atoms with van der Waals surface area (Å²) < 4.78 is 42.0. The van der Waals surface area contributed by atoms with Gasteiger partial charge in [-0.25, -0.2) is 0 Å². The summed E-state index contributed by atoms with van der Waals surface area (Å²) in [7, 11) is 1.59. The van der Waals surface area contributed by atoms with Gasteiger partial charge in [-0.05, 0) is 11.8 Å². The van der Waals surface area contributed by atoms with E-state index in [4.69, 9.17) is 33.2 Å². The summed E-state index contributed by atoms with van der Waals surface area (Å²) >= 11 is 1.59. The lowest BCUT2D eigenvalue weighted by atomic mass is 9.97. The van der Waals surface area contributed by atoms with Gasteiger partial charge in [0.25, 0.3) is 0 Å². The van der Waals surface area contributed by atoms with Crippen LogP contribution < -0.4 is 0 Å². The molecule has 0 bridgehead atoms. The fourth-order valence-electron chi connectivity index (χ4n) is 3.89. The second-order valence-corrected chi connectivity index (χ2v) is 8.39. The molecule has 2 aromatic rings. The number of fused-ring (bicyclic) bond motifs is 1. The third-order valence-electron chi connectivity index (χ3n) is 5.42. The zero-order valence-corrected chi connectivity index (χ0v) is 19.1. The van der Waals surface area contributed by atoms with Gasteiger partial charge in [0.2, 0.25) is 0 Å². The maximum absolute atomic E-state index is 6.33. The fourth-order valence-corrected chi connectivity index (χ4v) is 4.18. The minimum Gasteiger partial charge on any atom is -0.362 e. The van der Waals surface area contributed by atoms with Crippen molar-refractivity contribution < 1.29 is 33.2 Å². The molecular weight excluding hydrogens is 432 g/mol.